The highest BCUT2D eigenvalue weighted by Crippen LogP contribution is 2.09. The van der Waals surface area contributed by atoms with E-state index in [2.05, 4.69) is 35.3 Å². The summed E-state index contributed by atoms with van der Waals surface area (Å²) in [4.78, 5) is 13.4. The Labute approximate surface area is 104 Å². The highest BCUT2D eigenvalue weighted by atomic mass is 16.1. The molecule has 0 aliphatic rings. The molecule has 92 valence electrons. The fraction of sp³-hybridized carbons (Fsp3) is 0.533. The molecule has 0 aromatic heterocycles. The second-order valence-corrected chi connectivity index (χ2v) is 4.33. The van der Waals surface area contributed by atoms with Gasteiger partial charge in [-0.1, -0.05) is 56.0 Å². The van der Waals surface area contributed by atoms with E-state index in [1.54, 1.807) is 6.08 Å². The average Bonchev–Trinajstić information content (AvgIpc) is 2.38. The second-order valence-electron chi connectivity index (χ2n) is 4.33. The Hall–Kier alpha value is -1.40. The van der Waals surface area contributed by atoms with Crippen molar-refractivity contribution in [2.45, 2.75) is 44.9 Å². The Balaban J connectivity index is 1.89. The topological polar surface area (TPSA) is 29.4 Å². The molecule has 1 rings (SSSR count). The van der Waals surface area contributed by atoms with E-state index >= 15 is 0 Å². The first-order chi connectivity index (χ1) is 8.43. The normalized spacial score (nSPS) is 9.88. The smallest absolute Gasteiger partial charge is 0.211 e. The van der Waals surface area contributed by atoms with Crippen LogP contribution >= 0.6 is 0 Å². The van der Waals surface area contributed by atoms with Crippen molar-refractivity contribution in [3.8, 4) is 0 Å². The third-order valence-electron chi connectivity index (χ3n) is 2.89. The lowest BCUT2D eigenvalue weighted by Gasteiger charge is -2.01. The zero-order valence-corrected chi connectivity index (χ0v) is 10.4. The van der Waals surface area contributed by atoms with Crippen LogP contribution in [0, 0.1) is 0 Å². The van der Waals surface area contributed by atoms with Crippen LogP contribution in [-0.2, 0) is 11.2 Å². The standard InChI is InChI=1S/C15H21NO/c17-14-16-13-9-4-2-1-3-6-10-15-11-7-5-8-12-15/h5,7-8,11-12H,1-4,6,9-10,13H2. The summed E-state index contributed by atoms with van der Waals surface area (Å²) in [5.41, 5.74) is 1.44. The Kier molecular flexibility index (Phi) is 7.88. The number of rotatable bonds is 9. The lowest BCUT2D eigenvalue weighted by molar-refractivity contribution is 0.559. The predicted octanol–water partition coefficient (Wildman–Crippen LogP) is 3.91. The zero-order chi connectivity index (χ0) is 12.2. The van der Waals surface area contributed by atoms with Gasteiger partial charge >= 0.3 is 0 Å². The van der Waals surface area contributed by atoms with Crippen molar-refractivity contribution in [3.05, 3.63) is 35.9 Å². The average molecular weight is 231 g/mol. The van der Waals surface area contributed by atoms with E-state index in [9.17, 15) is 4.79 Å². The lowest BCUT2D eigenvalue weighted by Crippen LogP contribution is -1.86. The molecular formula is C15H21NO. The molecule has 0 saturated carbocycles. The van der Waals surface area contributed by atoms with Crippen molar-refractivity contribution in [1.29, 1.82) is 0 Å². The summed E-state index contributed by atoms with van der Waals surface area (Å²) in [6, 6.07) is 10.6. The molecule has 2 heteroatoms. The SMILES string of the molecule is O=C=NCCCCCCCCc1ccccc1. The van der Waals surface area contributed by atoms with Gasteiger partial charge in [-0.15, -0.1) is 0 Å². The number of unbranched alkanes of at least 4 members (excludes halogenated alkanes) is 5. The number of aryl methyl sites for hydroxylation is 1. The maximum atomic E-state index is 9.82. The number of benzene rings is 1. The van der Waals surface area contributed by atoms with E-state index in [0.29, 0.717) is 6.54 Å². The largest absolute Gasteiger partial charge is 0.234 e. The van der Waals surface area contributed by atoms with Crippen molar-refractivity contribution >= 4 is 6.08 Å². The molecule has 0 aliphatic heterocycles. The molecule has 0 N–H and O–H groups in total. The van der Waals surface area contributed by atoms with Crippen LogP contribution in [0.2, 0.25) is 0 Å². The number of hydrogen-bond donors (Lipinski definition) is 0. The van der Waals surface area contributed by atoms with E-state index < -0.39 is 0 Å². The minimum Gasteiger partial charge on any atom is -0.211 e. The van der Waals surface area contributed by atoms with E-state index in [-0.39, 0.29) is 0 Å². The van der Waals surface area contributed by atoms with E-state index in [4.69, 9.17) is 0 Å². The number of aliphatic imine (C=N–C) groups is 1. The first-order valence-electron chi connectivity index (χ1n) is 6.51. The Bertz CT molecular complexity index is 328. The maximum absolute atomic E-state index is 9.82. The number of nitrogens with zero attached hydrogens (tertiary/aromatic N) is 1. The second kappa shape index (κ2) is 9.80. The lowest BCUT2D eigenvalue weighted by atomic mass is 10.1. The van der Waals surface area contributed by atoms with Gasteiger partial charge in [-0.05, 0) is 24.8 Å². The molecular weight excluding hydrogens is 210 g/mol. The first-order valence-corrected chi connectivity index (χ1v) is 6.51. The van der Waals surface area contributed by atoms with Gasteiger partial charge in [-0.25, -0.2) is 9.79 Å². The zero-order valence-electron chi connectivity index (χ0n) is 10.4. The summed E-state index contributed by atoms with van der Waals surface area (Å²) in [6.07, 6.45) is 10.1. The maximum Gasteiger partial charge on any atom is 0.234 e. The van der Waals surface area contributed by atoms with E-state index in [1.165, 1.54) is 44.1 Å². The van der Waals surface area contributed by atoms with Crippen LogP contribution in [0.5, 0.6) is 0 Å². The van der Waals surface area contributed by atoms with Crippen LogP contribution in [0.4, 0.5) is 0 Å². The molecule has 0 amide bonds. The van der Waals surface area contributed by atoms with Crippen LogP contribution < -0.4 is 0 Å². The van der Waals surface area contributed by atoms with Crippen LogP contribution in [0.15, 0.2) is 35.3 Å². The highest BCUT2D eigenvalue weighted by Gasteiger charge is 1.93. The molecule has 0 aliphatic carbocycles. The van der Waals surface area contributed by atoms with Crippen molar-refractivity contribution in [2.24, 2.45) is 4.99 Å². The fourth-order valence-corrected chi connectivity index (χ4v) is 1.92. The van der Waals surface area contributed by atoms with Crippen molar-refractivity contribution in [3.63, 3.8) is 0 Å². The molecule has 1 aromatic rings. The summed E-state index contributed by atoms with van der Waals surface area (Å²) in [7, 11) is 0. The van der Waals surface area contributed by atoms with Crippen molar-refractivity contribution in [1.82, 2.24) is 0 Å². The van der Waals surface area contributed by atoms with Crippen LogP contribution in [0.1, 0.15) is 44.1 Å². The van der Waals surface area contributed by atoms with Gasteiger partial charge in [0.05, 0.1) is 6.54 Å². The minimum absolute atomic E-state index is 0.646. The summed E-state index contributed by atoms with van der Waals surface area (Å²) < 4.78 is 0. The summed E-state index contributed by atoms with van der Waals surface area (Å²) in [5.74, 6) is 0. The van der Waals surface area contributed by atoms with Crippen molar-refractivity contribution in [2.75, 3.05) is 6.54 Å². The molecule has 0 unspecified atom stereocenters. The van der Waals surface area contributed by atoms with Crippen LogP contribution in [-0.4, -0.2) is 12.6 Å². The summed E-state index contributed by atoms with van der Waals surface area (Å²) in [6.45, 7) is 0.646. The van der Waals surface area contributed by atoms with Gasteiger partial charge in [0.2, 0.25) is 6.08 Å². The molecule has 0 saturated heterocycles. The van der Waals surface area contributed by atoms with Crippen molar-refractivity contribution < 1.29 is 4.79 Å². The number of hydrogen-bond acceptors (Lipinski definition) is 2. The minimum atomic E-state index is 0.646. The molecule has 1 aromatic carbocycles. The van der Waals surface area contributed by atoms with Gasteiger partial charge in [0.25, 0.3) is 0 Å². The van der Waals surface area contributed by atoms with Gasteiger partial charge in [0.15, 0.2) is 0 Å². The van der Waals surface area contributed by atoms with Crippen LogP contribution in [0.3, 0.4) is 0 Å². The molecule has 0 radical (unpaired) electrons. The quantitative estimate of drug-likeness (QED) is 0.360. The summed E-state index contributed by atoms with van der Waals surface area (Å²) >= 11 is 0. The summed E-state index contributed by atoms with van der Waals surface area (Å²) in [5, 5.41) is 0. The third kappa shape index (κ3) is 7.48. The highest BCUT2D eigenvalue weighted by molar-refractivity contribution is 5.32. The van der Waals surface area contributed by atoms with Gasteiger partial charge in [0, 0.05) is 0 Å². The molecule has 0 spiro atoms. The van der Waals surface area contributed by atoms with Gasteiger partial charge < -0.3 is 0 Å². The fourth-order valence-electron chi connectivity index (χ4n) is 1.92. The van der Waals surface area contributed by atoms with Gasteiger partial charge in [-0.3, -0.25) is 0 Å². The van der Waals surface area contributed by atoms with Crippen LogP contribution in [0.25, 0.3) is 0 Å². The van der Waals surface area contributed by atoms with E-state index in [1.807, 2.05) is 0 Å². The molecule has 17 heavy (non-hydrogen) atoms. The van der Waals surface area contributed by atoms with Gasteiger partial charge in [-0.2, -0.15) is 0 Å². The number of isocyanates is 1. The molecule has 0 bridgehead atoms. The molecule has 0 fully saturated rings. The molecule has 0 atom stereocenters. The predicted molar refractivity (Wildman–Crippen MR) is 70.8 cm³/mol. The van der Waals surface area contributed by atoms with E-state index in [0.717, 1.165) is 6.42 Å². The Morgan fingerprint density at radius 3 is 2.24 bits per heavy atom. The van der Waals surface area contributed by atoms with Gasteiger partial charge in [0.1, 0.15) is 0 Å². The third-order valence-corrected chi connectivity index (χ3v) is 2.89. The molecule has 2 nitrogen and oxygen atoms in total. The number of carbonyl (C=O) groups excluding carboxylic acids is 1. The first kappa shape index (κ1) is 13.7. The Morgan fingerprint density at radius 1 is 0.882 bits per heavy atom. The monoisotopic (exact) mass is 231 g/mol. The Morgan fingerprint density at radius 2 is 1.53 bits per heavy atom. The molecule has 0 heterocycles.